The van der Waals surface area contributed by atoms with Crippen LogP contribution in [0.5, 0.6) is 0 Å². The topological polar surface area (TPSA) is 35.6 Å². The molecule has 0 aliphatic carbocycles. The second-order valence-electron chi connectivity index (χ2n) is 7.47. The number of carbonyl (C=O) groups excluding carboxylic acids is 1. The van der Waals surface area contributed by atoms with Crippen LogP contribution in [0.3, 0.4) is 0 Å². The highest BCUT2D eigenvalue weighted by atomic mass is 32.1. The van der Waals surface area contributed by atoms with Crippen molar-refractivity contribution < 1.29 is 4.79 Å². The maximum Gasteiger partial charge on any atom is 0.247 e. The van der Waals surface area contributed by atoms with Gasteiger partial charge in [0.25, 0.3) is 0 Å². The van der Waals surface area contributed by atoms with Gasteiger partial charge in [0.15, 0.2) is 0 Å². The summed E-state index contributed by atoms with van der Waals surface area (Å²) in [7, 11) is 0. The molecule has 4 nitrogen and oxygen atoms in total. The second kappa shape index (κ2) is 7.35. The SMILES string of the molecule is O=C1NCN(c2ccccc2)C12CCN(Cc1sccc1-c1cccs1)CC2. The molecule has 2 saturated heterocycles. The van der Waals surface area contributed by atoms with Crippen LogP contribution in [0.2, 0.25) is 0 Å². The maximum atomic E-state index is 12.8. The number of likely N-dealkylation sites (tertiary alicyclic amines) is 1. The van der Waals surface area contributed by atoms with Gasteiger partial charge in [-0.05, 0) is 47.9 Å². The quantitative estimate of drug-likeness (QED) is 0.694. The van der Waals surface area contributed by atoms with Gasteiger partial charge in [0.1, 0.15) is 5.54 Å². The van der Waals surface area contributed by atoms with Crippen LogP contribution in [-0.4, -0.2) is 36.1 Å². The first kappa shape index (κ1) is 17.9. The van der Waals surface area contributed by atoms with Crippen LogP contribution in [0.1, 0.15) is 17.7 Å². The smallest absolute Gasteiger partial charge is 0.247 e. The normalized spacial score (nSPS) is 19.3. The Morgan fingerprint density at radius 2 is 1.79 bits per heavy atom. The van der Waals surface area contributed by atoms with E-state index in [4.69, 9.17) is 0 Å². The lowest BCUT2D eigenvalue weighted by Gasteiger charge is -2.43. The highest BCUT2D eigenvalue weighted by Crippen LogP contribution is 2.38. The molecule has 1 N–H and O–H groups in total. The Labute approximate surface area is 173 Å². The van der Waals surface area contributed by atoms with E-state index in [1.807, 2.05) is 29.5 Å². The van der Waals surface area contributed by atoms with E-state index in [0.29, 0.717) is 6.67 Å². The minimum atomic E-state index is -0.399. The fourth-order valence-corrected chi connectivity index (χ4v) is 6.21. The molecule has 144 valence electrons. The summed E-state index contributed by atoms with van der Waals surface area (Å²) in [6, 6.07) is 16.9. The Morgan fingerprint density at radius 1 is 0.964 bits per heavy atom. The van der Waals surface area contributed by atoms with Crippen LogP contribution >= 0.6 is 22.7 Å². The third kappa shape index (κ3) is 3.05. The van der Waals surface area contributed by atoms with Crippen molar-refractivity contribution in [3.63, 3.8) is 0 Å². The number of para-hydroxylation sites is 1. The molecule has 2 aromatic heterocycles. The van der Waals surface area contributed by atoms with E-state index in [0.717, 1.165) is 38.2 Å². The van der Waals surface area contributed by atoms with Crippen molar-refractivity contribution in [2.24, 2.45) is 0 Å². The first-order chi connectivity index (χ1) is 13.8. The number of hydrogen-bond acceptors (Lipinski definition) is 5. The molecular formula is C22H23N3OS2. The van der Waals surface area contributed by atoms with Gasteiger partial charge in [-0.1, -0.05) is 24.3 Å². The number of nitrogens with one attached hydrogen (secondary N) is 1. The van der Waals surface area contributed by atoms with E-state index in [1.54, 1.807) is 11.3 Å². The van der Waals surface area contributed by atoms with Crippen molar-refractivity contribution in [3.8, 4) is 10.4 Å². The standard InChI is InChI=1S/C22H23N3OS2/c26-21-22(25(16-23-21)17-5-2-1-3-6-17)9-11-24(12-10-22)15-20-18(8-14-28-20)19-7-4-13-27-19/h1-8,13-14H,9-12,15-16H2,(H,23,26). The number of benzene rings is 1. The molecule has 0 atom stereocenters. The molecule has 4 heterocycles. The lowest BCUT2D eigenvalue weighted by atomic mass is 9.85. The third-order valence-electron chi connectivity index (χ3n) is 5.99. The van der Waals surface area contributed by atoms with Crippen molar-refractivity contribution in [2.45, 2.75) is 24.9 Å². The van der Waals surface area contributed by atoms with E-state index < -0.39 is 5.54 Å². The van der Waals surface area contributed by atoms with Gasteiger partial charge in [0.2, 0.25) is 5.91 Å². The van der Waals surface area contributed by atoms with Crippen LogP contribution in [0, 0.1) is 0 Å². The molecule has 0 saturated carbocycles. The highest BCUT2D eigenvalue weighted by Gasteiger charge is 2.50. The molecular weight excluding hydrogens is 386 g/mol. The number of carbonyl (C=O) groups is 1. The van der Waals surface area contributed by atoms with Gasteiger partial charge in [-0.25, -0.2) is 0 Å². The molecule has 1 spiro atoms. The minimum Gasteiger partial charge on any atom is -0.339 e. The Balaban J connectivity index is 1.31. The predicted molar refractivity (Wildman–Crippen MR) is 117 cm³/mol. The molecule has 2 aliphatic rings. The minimum absolute atomic E-state index is 0.186. The van der Waals surface area contributed by atoms with Crippen LogP contribution in [0.25, 0.3) is 10.4 Å². The molecule has 2 fully saturated rings. The van der Waals surface area contributed by atoms with Crippen molar-refractivity contribution in [3.05, 3.63) is 64.2 Å². The van der Waals surface area contributed by atoms with Gasteiger partial charge in [-0.2, -0.15) is 0 Å². The fourth-order valence-electron chi connectivity index (χ4n) is 4.43. The zero-order valence-electron chi connectivity index (χ0n) is 15.6. The van der Waals surface area contributed by atoms with Gasteiger partial charge < -0.3 is 10.2 Å². The molecule has 0 unspecified atom stereocenters. The summed E-state index contributed by atoms with van der Waals surface area (Å²) in [5, 5.41) is 7.42. The molecule has 0 bridgehead atoms. The van der Waals surface area contributed by atoms with Crippen LogP contribution in [0.15, 0.2) is 59.3 Å². The average Bonchev–Trinajstić information content (AvgIpc) is 3.46. The summed E-state index contributed by atoms with van der Waals surface area (Å²) in [4.78, 5) is 20.3. The van der Waals surface area contributed by atoms with Crippen molar-refractivity contribution in [2.75, 3.05) is 24.7 Å². The number of rotatable bonds is 4. The molecule has 28 heavy (non-hydrogen) atoms. The third-order valence-corrected chi connectivity index (χ3v) is 7.80. The molecule has 3 aromatic rings. The lowest BCUT2D eigenvalue weighted by Crippen LogP contribution is -2.56. The number of nitrogens with zero attached hydrogens (tertiary/aromatic N) is 2. The van der Waals surface area contributed by atoms with Gasteiger partial charge in [0, 0.05) is 40.6 Å². The first-order valence-corrected chi connectivity index (χ1v) is 11.5. The highest BCUT2D eigenvalue weighted by molar-refractivity contribution is 7.14. The van der Waals surface area contributed by atoms with Gasteiger partial charge in [-0.15, -0.1) is 22.7 Å². The van der Waals surface area contributed by atoms with Crippen LogP contribution < -0.4 is 10.2 Å². The summed E-state index contributed by atoms with van der Waals surface area (Å²) >= 11 is 3.64. The molecule has 6 heteroatoms. The fraction of sp³-hybridized carbons (Fsp3) is 0.318. The largest absolute Gasteiger partial charge is 0.339 e. The predicted octanol–water partition coefficient (Wildman–Crippen LogP) is 4.41. The van der Waals surface area contributed by atoms with Crippen molar-refractivity contribution in [1.82, 2.24) is 10.2 Å². The average molecular weight is 410 g/mol. The van der Waals surface area contributed by atoms with E-state index in [1.165, 1.54) is 15.3 Å². The summed E-state index contributed by atoms with van der Waals surface area (Å²) in [5.41, 5.74) is 2.10. The number of thiophene rings is 2. The number of hydrogen-bond donors (Lipinski definition) is 1. The zero-order chi connectivity index (χ0) is 19.0. The van der Waals surface area contributed by atoms with E-state index in [9.17, 15) is 4.79 Å². The van der Waals surface area contributed by atoms with Gasteiger partial charge in [0.05, 0.1) is 6.67 Å². The lowest BCUT2D eigenvalue weighted by molar-refractivity contribution is -0.125. The summed E-state index contributed by atoms with van der Waals surface area (Å²) in [6.45, 7) is 3.46. The summed E-state index contributed by atoms with van der Waals surface area (Å²) in [6.07, 6.45) is 1.74. The molecule has 0 radical (unpaired) electrons. The molecule has 1 amide bonds. The van der Waals surface area contributed by atoms with Crippen molar-refractivity contribution >= 4 is 34.3 Å². The Hall–Kier alpha value is -2.15. The Kier molecular flexibility index (Phi) is 4.70. The van der Waals surface area contributed by atoms with Crippen LogP contribution in [-0.2, 0) is 11.3 Å². The first-order valence-electron chi connectivity index (χ1n) is 9.70. The van der Waals surface area contributed by atoms with E-state index in [2.05, 4.69) is 56.2 Å². The van der Waals surface area contributed by atoms with E-state index in [-0.39, 0.29) is 5.91 Å². The molecule has 5 rings (SSSR count). The second-order valence-corrected chi connectivity index (χ2v) is 9.42. The summed E-state index contributed by atoms with van der Waals surface area (Å²) in [5.74, 6) is 0.186. The molecule has 2 aliphatic heterocycles. The van der Waals surface area contributed by atoms with Gasteiger partial charge >= 0.3 is 0 Å². The van der Waals surface area contributed by atoms with Crippen molar-refractivity contribution in [1.29, 1.82) is 0 Å². The number of piperidine rings is 1. The Bertz CT molecular complexity index is 943. The number of anilines is 1. The van der Waals surface area contributed by atoms with E-state index >= 15 is 0 Å². The maximum absolute atomic E-state index is 12.8. The summed E-state index contributed by atoms with van der Waals surface area (Å²) < 4.78 is 0. The number of amides is 1. The zero-order valence-corrected chi connectivity index (χ0v) is 17.3. The molecule has 1 aromatic carbocycles. The van der Waals surface area contributed by atoms with Crippen LogP contribution in [0.4, 0.5) is 5.69 Å². The van der Waals surface area contributed by atoms with Gasteiger partial charge in [-0.3, -0.25) is 9.69 Å². The monoisotopic (exact) mass is 409 g/mol. The Morgan fingerprint density at radius 3 is 2.54 bits per heavy atom.